The lowest BCUT2D eigenvalue weighted by Crippen LogP contribution is -2.24. The highest BCUT2D eigenvalue weighted by Gasteiger charge is 2.01. The predicted octanol–water partition coefficient (Wildman–Crippen LogP) is 2.76. The molecule has 1 amide bonds. The summed E-state index contributed by atoms with van der Waals surface area (Å²) < 4.78 is 10.4. The lowest BCUT2D eigenvalue weighted by Gasteiger charge is -2.05. The zero-order chi connectivity index (χ0) is 14.9. The maximum atomic E-state index is 11.5. The van der Waals surface area contributed by atoms with Gasteiger partial charge in [0.05, 0.1) is 12.5 Å². The van der Waals surface area contributed by atoms with E-state index < -0.39 is 0 Å². The van der Waals surface area contributed by atoms with Crippen molar-refractivity contribution in [3.63, 3.8) is 0 Å². The molecule has 21 heavy (non-hydrogen) atoms. The second kappa shape index (κ2) is 7.89. The van der Waals surface area contributed by atoms with Crippen LogP contribution in [-0.4, -0.2) is 18.7 Å². The molecule has 0 saturated carbocycles. The van der Waals surface area contributed by atoms with E-state index in [2.05, 4.69) is 17.5 Å². The standard InChI is InChI=1S/C16H18N2O3/c1-2-4-13-6-8-14(9-7-13)21-12-16(19)18-17-11-15-5-3-10-20-15/h3,5-11H,2,4,12H2,1H3,(H,18,19). The number of carbonyl (C=O) groups is 1. The molecule has 0 radical (unpaired) electrons. The van der Waals surface area contributed by atoms with Gasteiger partial charge in [0.2, 0.25) is 0 Å². The summed E-state index contributed by atoms with van der Waals surface area (Å²) in [7, 11) is 0. The molecule has 110 valence electrons. The molecule has 0 aliphatic heterocycles. The van der Waals surface area contributed by atoms with Gasteiger partial charge >= 0.3 is 0 Å². The van der Waals surface area contributed by atoms with Gasteiger partial charge in [-0.25, -0.2) is 5.43 Å². The van der Waals surface area contributed by atoms with Gasteiger partial charge in [0.25, 0.3) is 5.91 Å². The number of hydrazone groups is 1. The quantitative estimate of drug-likeness (QED) is 0.629. The summed E-state index contributed by atoms with van der Waals surface area (Å²) >= 11 is 0. The predicted molar refractivity (Wildman–Crippen MR) is 80.4 cm³/mol. The minimum absolute atomic E-state index is 0.0807. The molecule has 0 bridgehead atoms. The van der Waals surface area contributed by atoms with Gasteiger partial charge in [-0.05, 0) is 36.2 Å². The van der Waals surface area contributed by atoms with Crippen molar-refractivity contribution in [2.24, 2.45) is 5.10 Å². The summed E-state index contributed by atoms with van der Waals surface area (Å²) in [5, 5.41) is 3.77. The Balaban J connectivity index is 1.73. The Hall–Kier alpha value is -2.56. The topological polar surface area (TPSA) is 63.8 Å². The number of furan rings is 1. The molecule has 1 N–H and O–H groups in total. The number of amides is 1. The molecule has 0 saturated heterocycles. The van der Waals surface area contributed by atoms with Crippen molar-refractivity contribution in [2.45, 2.75) is 19.8 Å². The third kappa shape index (κ3) is 5.14. The summed E-state index contributed by atoms with van der Waals surface area (Å²) in [6.45, 7) is 2.06. The Labute approximate surface area is 123 Å². The third-order valence-electron chi connectivity index (χ3n) is 2.76. The molecular weight excluding hydrogens is 268 g/mol. The van der Waals surface area contributed by atoms with Crippen LogP contribution in [0.25, 0.3) is 0 Å². The Morgan fingerprint density at radius 2 is 2.14 bits per heavy atom. The van der Waals surface area contributed by atoms with Crippen LogP contribution in [0.15, 0.2) is 52.2 Å². The molecule has 5 heteroatoms. The zero-order valence-corrected chi connectivity index (χ0v) is 11.9. The fourth-order valence-electron chi connectivity index (χ4n) is 1.75. The highest BCUT2D eigenvalue weighted by molar-refractivity contribution is 5.81. The van der Waals surface area contributed by atoms with E-state index in [4.69, 9.17) is 9.15 Å². The molecule has 1 aromatic carbocycles. The van der Waals surface area contributed by atoms with Gasteiger partial charge in [0.1, 0.15) is 11.5 Å². The van der Waals surface area contributed by atoms with Crippen molar-refractivity contribution in [3.8, 4) is 5.75 Å². The first kappa shape index (κ1) is 14.8. The highest BCUT2D eigenvalue weighted by atomic mass is 16.5. The third-order valence-corrected chi connectivity index (χ3v) is 2.76. The first-order chi connectivity index (χ1) is 10.3. The second-order valence-corrected chi connectivity index (χ2v) is 4.49. The first-order valence-electron chi connectivity index (χ1n) is 6.85. The molecule has 2 aromatic rings. The monoisotopic (exact) mass is 286 g/mol. The largest absolute Gasteiger partial charge is 0.484 e. The van der Waals surface area contributed by atoms with E-state index in [1.54, 1.807) is 12.1 Å². The normalized spacial score (nSPS) is 10.7. The summed E-state index contributed by atoms with van der Waals surface area (Å²) in [5.74, 6) is 0.915. The number of nitrogens with one attached hydrogen (secondary N) is 1. The van der Waals surface area contributed by atoms with Crippen molar-refractivity contribution in [1.29, 1.82) is 0 Å². The SMILES string of the molecule is CCCc1ccc(OCC(=O)NN=Cc2ccco2)cc1. The van der Waals surface area contributed by atoms with Crippen LogP contribution in [-0.2, 0) is 11.2 Å². The Kier molecular flexibility index (Phi) is 5.58. The molecule has 2 rings (SSSR count). The molecule has 0 fully saturated rings. The van der Waals surface area contributed by atoms with Crippen LogP contribution in [0.3, 0.4) is 0 Å². The molecule has 0 spiro atoms. The smallest absolute Gasteiger partial charge is 0.277 e. The number of nitrogens with zero attached hydrogens (tertiary/aromatic N) is 1. The Bertz CT molecular complexity index is 574. The Morgan fingerprint density at radius 3 is 2.81 bits per heavy atom. The van der Waals surface area contributed by atoms with Gasteiger partial charge < -0.3 is 9.15 Å². The Morgan fingerprint density at radius 1 is 1.33 bits per heavy atom. The van der Waals surface area contributed by atoms with Crippen molar-refractivity contribution >= 4 is 12.1 Å². The van der Waals surface area contributed by atoms with Crippen LogP contribution in [0.1, 0.15) is 24.7 Å². The van der Waals surface area contributed by atoms with Gasteiger partial charge in [-0.2, -0.15) is 5.10 Å². The first-order valence-corrected chi connectivity index (χ1v) is 6.85. The maximum absolute atomic E-state index is 11.5. The van der Waals surface area contributed by atoms with Crippen LogP contribution in [0, 0.1) is 0 Å². The minimum atomic E-state index is -0.324. The van der Waals surface area contributed by atoms with E-state index in [1.165, 1.54) is 18.0 Å². The molecule has 0 unspecified atom stereocenters. The number of benzene rings is 1. The van der Waals surface area contributed by atoms with Crippen LogP contribution < -0.4 is 10.2 Å². The van der Waals surface area contributed by atoms with E-state index in [0.29, 0.717) is 11.5 Å². The average molecular weight is 286 g/mol. The van der Waals surface area contributed by atoms with E-state index in [9.17, 15) is 4.79 Å². The fourth-order valence-corrected chi connectivity index (χ4v) is 1.75. The number of ether oxygens (including phenoxy) is 1. The minimum Gasteiger partial charge on any atom is -0.484 e. The zero-order valence-electron chi connectivity index (χ0n) is 11.9. The van der Waals surface area contributed by atoms with Gasteiger partial charge in [-0.15, -0.1) is 0 Å². The number of aryl methyl sites for hydroxylation is 1. The van der Waals surface area contributed by atoms with Gasteiger partial charge in [0, 0.05) is 0 Å². The van der Waals surface area contributed by atoms with Crippen LogP contribution in [0.5, 0.6) is 5.75 Å². The van der Waals surface area contributed by atoms with Crippen LogP contribution in [0.2, 0.25) is 0 Å². The van der Waals surface area contributed by atoms with Crippen LogP contribution in [0.4, 0.5) is 0 Å². The van der Waals surface area contributed by atoms with Gasteiger partial charge in [-0.3, -0.25) is 4.79 Å². The van der Waals surface area contributed by atoms with E-state index in [-0.39, 0.29) is 12.5 Å². The average Bonchev–Trinajstić information content (AvgIpc) is 3.00. The maximum Gasteiger partial charge on any atom is 0.277 e. The summed E-state index contributed by atoms with van der Waals surface area (Å²) in [4.78, 5) is 11.5. The van der Waals surface area contributed by atoms with Crippen molar-refractivity contribution < 1.29 is 13.9 Å². The van der Waals surface area contributed by atoms with Gasteiger partial charge in [-0.1, -0.05) is 25.5 Å². The molecule has 0 aliphatic rings. The summed E-state index contributed by atoms with van der Waals surface area (Å²) in [6, 6.07) is 11.2. The molecular formula is C16H18N2O3. The fraction of sp³-hybridized carbons (Fsp3) is 0.250. The van der Waals surface area contributed by atoms with Crippen LogP contribution >= 0.6 is 0 Å². The van der Waals surface area contributed by atoms with E-state index in [1.807, 2.05) is 24.3 Å². The molecule has 1 heterocycles. The number of carbonyl (C=O) groups excluding carboxylic acids is 1. The molecule has 5 nitrogen and oxygen atoms in total. The van der Waals surface area contributed by atoms with Gasteiger partial charge in [0.15, 0.2) is 6.61 Å². The second-order valence-electron chi connectivity index (χ2n) is 4.49. The molecule has 1 aromatic heterocycles. The van der Waals surface area contributed by atoms with Crippen molar-refractivity contribution in [3.05, 3.63) is 54.0 Å². The lowest BCUT2D eigenvalue weighted by molar-refractivity contribution is -0.123. The molecule has 0 aliphatic carbocycles. The number of hydrogen-bond acceptors (Lipinski definition) is 4. The molecule has 0 atom stereocenters. The highest BCUT2D eigenvalue weighted by Crippen LogP contribution is 2.13. The summed E-state index contributed by atoms with van der Waals surface area (Å²) in [5.41, 5.74) is 3.63. The van der Waals surface area contributed by atoms with E-state index >= 15 is 0 Å². The number of hydrogen-bond donors (Lipinski definition) is 1. The van der Waals surface area contributed by atoms with E-state index in [0.717, 1.165) is 12.8 Å². The summed E-state index contributed by atoms with van der Waals surface area (Å²) in [6.07, 6.45) is 5.12. The number of rotatable bonds is 7. The van der Waals surface area contributed by atoms with Crippen molar-refractivity contribution in [1.82, 2.24) is 5.43 Å². The van der Waals surface area contributed by atoms with Crippen molar-refractivity contribution in [2.75, 3.05) is 6.61 Å². The lowest BCUT2D eigenvalue weighted by atomic mass is 10.1.